The lowest BCUT2D eigenvalue weighted by atomic mass is 10.0. The van der Waals surface area contributed by atoms with E-state index in [1.54, 1.807) is 6.92 Å². The van der Waals surface area contributed by atoms with Gasteiger partial charge in [0.2, 0.25) is 11.8 Å². The summed E-state index contributed by atoms with van der Waals surface area (Å²) in [4.78, 5) is 23.8. The fourth-order valence-electron chi connectivity index (χ4n) is 2.94. The van der Waals surface area contributed by atoms with Crippen LogP contribution >= 0.6 is 0 Å². The van der Waals surface area contributed by atoms with E-state index in [0.717, 1.165) is 27.8 Å². The molecule has 3 aromatic rings. The first-order valence-electron chi connectivity index (χ1n) is 9.03. The van der Waals surface area contributed by atoms with Crippen molar-refractivity contribution in [1.82, 2.24) is 5.43 Å². The van der Waals surface area contributed by atoms with Gasteiger partial charge in [0.05, 0.1) is 6.42 Å². The molecule has 0 aliphatic heterocycles. The smallest absolute Gasteiger partial charge is 0.236 e. The van der Waals surface area contributed by atoms with Crippen LogP contribution in [0.2, 0.25) is 0 Å². The van der Waals surface area contributed by atoms with Gasteiger partial charge in [-0.05, 0) is 44.5 Å². The minimum absolute atomic E-state index is 0.131. The molecule has 28 heavy (non-hydrogen) atoms. The summed E-state index contributed by atoms with van der Waals surface area (Å²) in [6.07, 6.45) is 0.131. The molecule has 0 spiro atoms. The Kier molecular flexibility index (Phi) is 5.59. The number of amides is 2. The number of rotatable bonds is 5. The van der Waals surface area contributed by atoms with Crippen LogP contribution in [0.4, 0.5) is 5.69 Å². The van der Waals surface area contributed by atoms with E-state index in [0.29, 0.717) is 17.1 Å². The van der Waals surface area contributed by atoms with Gasteiger partial charge in [0.25, 0.3) is 0 Å². The molecule has 0 unspecified atom stereocenters. The highest BCUT2D eigenvalue weighted by molar-refractivity contribution is 6.05. The second-order valence-electron chi connectivity index (χ2n) is 6.87. The van der Waals surface area contributed by atoms with E-state index in [-0.39, 0.29) is 18.2 Å². The van der Waals surface area contributed by atoms with Crippen molar-refractivity contribution in [3.63, 3.8) is 0 Å². The number of hydrogen-bond acceptors (Lipinski definition) is 4. The Morgan fingerprint density at radius 2 is 1.68 bits per heavy atom. The molecule has 6 heteroatoms. The largest absolute Gasteiger partial charge is 0.454 e. The maximum Gasteiger partial charge on any atom is 0.236 e. The van der Waals surface area contributed by atoms with E-state index >= 15 is 0 Å². The van der Waals surface area contributed by atoms with E-state index in [2.05, 4.69) is 15.8 Å². The molecule has 6 nitrogen and oxygen atoms in total. The van der Waals surface area contributed by atoms with Gasteiger partial charge in [-0.2, -0.15) is 5.10 Å². The molecule has 2 aromatic carbocycles. The van der Waals surface area contributed by atoms with E-state index in [1.165, 1.54) is 6.92 Å². The van der Waals surface area contributed by atoms with Gasteiger partial charge in [-0.15, -0.1) is 0 Å². The topological polar surface area (TPSA) is 83.7 Å². The van der Waals surface area contributed by atoms with Crippen LogP contribution in [-0.4, -0.2) is 17.5 Å². The number of anilines is 1. The molecular weight excluding hydrogens is 354 g/mol. The highest BCUT2D eigenvalue weighted by atomic mass is 16.3. The predicted octanol–water partition coefficient (Wildman–Crippen LogP) is 4.09. The van der Waals surface area contributed by atoms with Crippen LogP contribution in [0, 0.1) is 13.8 Å². The Morgan fingerprint density at radius 1 is 1.00 bits per heavy atom. The summed E-state index contributed by atoms with van der Waals surface area (Å²) in [5.41, 5.74) is 7.27. The molecule has 1 aromatic heterocycles. The van der Waals surface area contributed by atoms with Gasteiger partial charge in [-0.3, -0.25) is 9.59 Å². The van der Waals surface area contributed by atoms with Crippen LogP contribution < -0.4 is 10.7 Å². The monoisotopic (exact) mass is 377 g/mol. The summed E-state index contributed by atoms with van der Waals surface area (Å²) in [5.74, 6) is 0.0686. The van der Waals surface area contributed by atoms with E-state index in [1.807, 2.05) is 56.3 Å². The third-order valence-corrected chi connectivity index (χ3v) is 4.33. The lowest BCUT2D eigenvalue weighted by molar-refractivity contribution is -0.119. The number of furan rings is 1. The summed E-state index contributed by atoms with van der Waals surface area (Å²) in [5, 5.41) is 7.83. The van der Waals surface area contributed by atoms with Crippen molar-refractivity contribution in [2.24, 2.45) is 5.10 Å². The standard InChI is InChI=1S/C22H23N3O3/c1-13-5-8-17(9-6-13)23-21(27)12-19-18-10-7-14(2)11-20(18)28-22(19)15(3)24-25-16(4)26/h5-11H,12H2,1-4H3,(H,23,27)(H,25,26)/b24-15+. The molecule has 2 amide bonds. The van der Waals surface area contributed by atoms with Crippen LogP contribution in [0.25, 0.3) is 11.0 Å². The second-order valence-corrected chi connectivity index (χ2v) is 6.87. The molecular formula is C22H23N3O3. The Hall–Kier alpha value is -3.41. The van der Waals surface area contributed by atoms with Crippen LogP contribution in [0.3, 0.4) is 0 Å². The minimum atomic E-state index is -0.273. The van der Waals surface area contributed by atoms with Gasteiger partial charge in [0, 0.05) is 23.6 Å². The van der Waals surface area contributed by atoms with Gasteiger partial charge < -0.3 is 9.73 Å². The normalized spacial score (nSPS) is 11.5. The molecule has 1 heterocycles. The van der Waals surface area contributed by atoms with Crippen molar-refractivity contribution in [2.45, 2.75) is 34.1 Å². The molecule has 0 bridgehead atoms. The first-order chi connectivity index (χ1) is 13.3. The number of hydrazone groups is 1. The lowest BCUT2D eigenvalue weighted by Crippen LogP contribution is -2.17. The number of nitrogens with one attached hydrogen (secondary N) is 2. The molecule has 0 saturated heterocycles. The molecule has 0 saturated carbocycles. The van der Waals surface area contributed by atoms with E-state index in [9.17, 15) is 9.59 Å². The first-order valence-corrected chi connectivity index (χ1v) is 9.03. The van der Waals surface area contributed by atoms with Crippen molar-refractivity contribution >= 4 is 34.2 Å². The molecule has 2 N–H and O–H groups in total. The Labute approximate surface area is 163 Å². The molecule has 144 valence electrons. The zero-order valence-corrected chi connectivity index (χ0v) is 16.4. The quantitative estimate of drug-likeness (QED) is 0.519. The first kappa shape index (κ1) is 19.4. The Balaban J connectivity index is 1.94. The van der Waals surface area contributed by atoms with Gasteiger partial charge in [-0.1, -0.05) is 29.8 Å². The van der Waals surface area contributed by atoms with Crippen molar-refractivity contribution < 1.29 is 14.0 Å². The van der Waals surface area contributed by atoms with Gasteiger partial charge in [0.1, 0.15) is 11.3 Å². The SMILES string of the molecule is CC(=O)N/N=C(\C)c1oc2cc(C)ccc2c1CC(=O)Nc1ccc(C)cc1. The third kappa shape index (κ3) is 4.46. The van der Waals surface area contributed by atoms with E-state index < -0.39 is 0 Å². The molecule has 0 radical (unpaired) electrons. The zero-order valence-electron chi connectivity index (χ0n) is 16.4. The maximum atomic E-state index is 12.7. The van der Waals surface area contributed by atoms with Crippen molar-refractivity contribution in [2.75, 3.05) is 5.32 Å². The van der Waals surface area contributed by atoms with Crippen LogP contribution in [-0.2, 0) is 16.0 Å². The fourth-order valence-corrected chi connectivity index (χ4v) is 2.94. The van der Waals surface area contributed by atoms with Crippen LogP contribution in [0.5, 0.6) is 0 Å². The Bertz CT molecular complexity index is 1060. The van der Waals surface area contributed by atoms with E-state index in [4.69, 9.17) is 4.42 Å². The summed E-state index contributed by atoms with van der Waals surface area (Å²) >= 11 is 0. The van der Waals surface area contributed by atoms with Crippen molar-refractivity contribution in [3.8, 4) is 0 Å². The number of benzene rings is 2. The zero-order chi connectivity index (χ0) is 20.3. The third-order valence-electron chi connectivity index (χ3n) is 4.33. The van der Waals surface area contributed by atoms with Crippen molar-refractivity contribution in [1.29, 1.82) is 0 Å². The molecule has 0 atom stereocenters. The summed E-state index contributed by atoms with van der Waals surface area (Å²) in [7, 11) is 0. The maximum absolute atomic E-state index is 12.7. The number of aryl methyl sites for hydroxylation is 2. The molecule has 0 fully saturated rings. The minimum Gasteiger partial charge on any atom is -0.454 e. The van der Waals surface area contributed by atoms with Gasteiger partial charge in [0.15, 0.2) is 5.76 Å². The average molecular weight is 377 g/mol. The number of fused-ring (bicyclic) bond motifs is 1. The molecule has 0 aliphatic rings. The van der Waals surface area contributed by atoms with Crippen LogP contribution in [0.1, 0.15) is 36.3 Å². The summed E-state index contributed by atoms with van der Waals surface area (Å²) in [6, 6.07) is 13.5. The van der Waals surface area contributed by atoms with Gasteiger partial charge in [-0.25, -0.2) is 5.43 Å². The number of hydrogen-bond donors (Lipinski definition) is 2. The number of carbonyl (C=O) groups is 2. The summed E-state index contributed by atoms with van der Waals surface area (Å²) in [6.45, 7) is 7.09. The highest BCUT2D eigenvalue weighted by Gasteiger charge is 2.19. The molecule has 0 aliphatic carbocycles. The fraction of sp³-hybridized carbons (Fsp3) is 0.227. The summed E-state index contributed by atoms with van der Waals surface area (Å²) < 4.78 is 5.98. The Morgan fingerprint density at radius 3 is 2.36 bits per heavy atom. The second kappa shape index (κ2) is 8.08. The van der Waals surface area contributed by atoms with Crippen molar-refractivity contribution in [3.05, 3.63) is 64.9 Å². The number of nitrogens with zero attached hydrogens (tertiary/aromatic N) is 1. The van der Waals surface area contributed by atoms with Gasteiger partial charge >= 0.3 is 0 Å². The van der Waals surface area contributed by atoms with Crippen LogP contribution in [0.15, 0.2) is 52.0 Å². The molecule has 3 rings (SSSR count). The average Bonchev–Trinajstić information content (AvgIpc) is 2.99. The lowest BCUT2D eigenvalue weighted by Gasteiger charge is -2.07. The highest BCUT2D eigenvalue weighted by Crippen LogP contribution is 2.28. The predicted molar refractivity (Wildman–Crippen MR) is 110 cm³/mol. The number of carbonyl (C=O) groups excluding carboxylic acids is 2.